The third-order valence-electron chi connectivity index (χ3n) is 5.63. The van der Waals surface area contributed by atoms with Gasteiger partial charge in [-0.2, -0.15) is 0 Å². The van der Waals surface area contributed by atoms with E-state index in [0.717, 1.165) is 21.2 Å². The van der Waals surface area contributed by atoms with Gasteiger partial charge in [-0.3, -0.25) is 9.10 Å². The highest BCUT2D eigenvalue weighted by Gasteiger charge is 2.27. The Morgan fingerprint density at radius 2 is 1.58 bits per heavy atom. The van der Waals surface area contributed by atoms with Crippen molar-refractivity contribution in [3.05, 3.63) is 83.9 Å². The first-order valence-corrected chi connectivity index (χ1v) is 13.2. The molecule has 0 saturated heterocycles. The second kappa shape index (κ2) is 11.5. The lowest BCUT2D eigenvalue weighted by atomic mass is 9.86. The van der Waals surface area contributed by atoms with E-state index in [1.165, 1.54) is 19.2 Å². The molecule has 0 aliphatic carbocycles. The molecule has 0 aliphatic heterocycles. The number of ether oxygens (including phenoxy) is 2. The number of carbonyl (C=O) groups excluding carboxylic acids is 1. The maximum Gasteiger partial charge on any atom is 0.264 e. The minimum absolute atomic E-state index is 0.0683. The maximum atomic E-state index is 13.5. The van der Waals surface area contributed by atoms with Crippen molar-refractivity contribution in [2.75, 3.05) is 31.1 Å². The number of para-hydroxylation sites is 1. The Labute approximate surface area is 214 Å². The fourth-order valence-corrected chi connectivity index (χ4v) is 5.07. The monoisotopic (exact) mass is 510 g/mol. The molecule has 0 heterocycles. The number of hydrogen-bond donors (Lipinski definition) is 1. The van der Waals surface area contributed by atoms with E-state index < -0.39 is 15.9 Å². The van der Waals surface area contributed by atoms with Gasteiger partial charge < -0.3 is 14.8 Å². The number of carbonyl (C=O) groups is 1. The summed E-state index contributed by atoms with van der Waals surface area (Å²) in [5, 5.41) is 2.77. The van der Waals surface area contributed by atoms with Gasteiger partial charge >= 0.3 is 0 Å². The Morgan fingerprint density at radius 3 is 2.19 bits per heavy atom. The van der Waals surface area contributed by atoms with Crippen LogP contribution in [0.3, 0.4) is 0 Å². The average Bonchev–Trinajstić information content (AvgIpc) is 2.85. The number of nitrogens with zero attached hydrogens (tertiary/aromatic N) is 1. The van der Waals surface area contributed by atoms with Crippen LogP contribution in [0.2, 0.25) is 0 Å². The Hall–Kier alpha value is -3.52. The summed E-state index contributed by atoms with van der Waals surface area (Å²) in [4.78, 5) is 12.9. The van der Waals surface area contributed by atoms with E-state index in [-0.39, 0.29) is 30.0 Å². The second-order valence-corrected chi connectivity index (χ2v) is 11.3. The van der Waals surface area contributed by atoms with Gasteiger partial charge in [0.2, 0.25) is 5.91 Å². The van der Waals surface area contributed by atoms with E-state index in [1.807, 2.05) is 43.3 Å². The summed E-state index contributed by atoms with van der Waals surface area (Å²) in [5.74, 6) is 0.879. The van der Waals surface area contributed by atoms with E-state index in [1.54, 1.807) is 24.3 Å². The molecule has 0 unspecified atom stereocenters. The molecule has 7 nitrogen and oxygen atoms in total. The minimum Gasteiger partial charge on any atom is -0.497 e. The van der Waals surface area contributed by atoms with Gasteiger partial charge in [0.05, 0.1) is 24.2 Å². The standard InChI is InChI=1S/C28H34N2O5S/c1-21-10-12-22(13-11-21)30(36(32,33)24-16-14-23(34-5)15-17-24)20-27(31)29-18-19-35-26-9-7-6-8-25(26)28(2,3)4/h6-17H,18-20H2,1-5H3,(H,29,31). The molecule has 1 N–H and O–H groups in total. The summed E-state index contributed by atoms with van der Waals surface area (Å²) >= 11 is 0. The molecule has 0 fully saturated rings. The number of rotatable bonds is 10. The number of anilines is 1. The van der Waals surface area contributed by atoms with Crippen molar-refractivity contribution >= 4 is 21.6 Å². The van der Waals surface area contributed by atoms with Crippen LogP contribution in [0.4, 0.5) is 5.69 Å². The van der Waals surface area contributed by atoms with Crippen molar-refractivity contribution in [2.45, 2.75) is 38.0 Å². The van der Waals surface area contributed by atoms with Crippen molar-refractivity contribution in [2.24, 2.45) is 0 Å². The molecule has 8 heteroatoms. The van der Waals surface area contributed by atoms with Crippen LogP contribution in [0.1, 0.15) is 31.9 Å². The number of methoxy groups -OCH3 is 1. The predicted molar refractivity (Wildman–Crippen MR) is 142 cm³/mol. The van der Waals surface area contributed by atoms with Crippen molar-refractivity contribution in [1.82, 2.24) is 5.32 Å². The topological polar surface area (TPSA) is 84.9 Å². The lowest BCUT2D eigenvalue weighted by Crippen LogP contribution is -2.42. The molecule has 36 heavy (non-hydrogen) atoms. The normalized spacial score (nSPS) is 11.6. The van der Waals surface area contributed by atoms with Gasteiger partial charge in [-0.15, -0.1) is 0 Å². The number of sulfonamides is 1. The molecule has 3 aromatic rings. The van der Waals surface area contributed by atoms with Gasteiger partial charge in [0.1, 0.15) is 24.7 Å². The largest absolute Gasteiger partial charge is 0.497 e. The summed E-state index contributed by atoms with van der Waals surface area (Å²) in [6.45, 7) is 8.38. The highest BCUT2D eigenvalue weighted by Crippen LogP contribution is 2.31. The van der Waals surface area contributed by atoms with Crippen LogP contribution in [-0.4, -0.2) is 41.1 Å². The van der Waals surface area contributed by atoms with E-state index in [4.69, 9.17) is 9.47 Å². The highest BCUT2D eigenvalue weighted by atomic mass is 32.2. The quantitative estimate of drug-likeness (QED) is 0.400. The van der Waals surface area contributed by atoms with Crippen LogP contribution in [0.15, 0.2) is 77.7 Å². The zero-order valence-corrected chi connectivity index (χ0v) is 22.3. The van der Waals surface area contributed by atoms with E-state index in [9.17, 15) is 13.2 Å². The fourth-order valence-electron chi connectivity index (χ4n) is 3.65. The third-order valence-corrected chi connectivity index (χ3v) is 7.42. The van der Waals surface area contributed by atoms with E-state index in [2.05, 4.69) is 26.1 Å². The zero-order chi connectivity index (χ0) is 26.3. The van der Waals surface area contributed by atoms with Crippen molar-refractivity contribution in [3.8, 4) is 11.5 Å². The Kier molecular flexibility index (Phi) is 8.63. The Bertz CT molecular complexity index is 1260. The van der Waals surface area contributed by atoms with E-state index in [0.29, 0.717) is 11.4 Å². The van der Waals surface area contributed by atoms with Gasteiger partial charge in [0.25, 0.3) is 10.0 Å². The first-order valence-electron chi connectivity index (χ1n) is 11.7. The van der Waals surface area contributed by atoms with Crippen LogP contribution >= 0.6 is 0 Å². The van der Waals surface area contributed by atoms with Gasteiger partial charge in [0.15, 0.2) is 0 Å². The zero-order valence-electron chi connectivity index (χ0n) is 21.4. The molecule has 192 valence electrons. The predicted octanol–water partition coefficient (Wildman–Crippen LogP) is 4.69. The highest BCUT2D eigenvalue weighted by molar-refractivity contribution is 7.92. The summed E-state index contributed by atoms with van der Waals surface area (Å²) in [6.07, 6.45) is 0. The number of nitrogens with one attached hydrogen (secondary N) is 1. The van der Waals surface area contributed by atoms with Crippen molar-refractivity contribution in [3.63, 3.8) is 0 Å². The Morgan fingerprint density at radius 1 is 0.944 bits per heavy atom. The molecule has 0 spiro atoms. The first kappa shape index (κ1) is 27.1. The fraction of sp³-hybridized carbons (Fsp3) is 0.321. The van der Waals surface area contributed by atoms with Crippen LogP contribution < -0.4 is 19.1 Å². The molecule has 3 aromatic carbocycles. The molecule has 0 aliphatic rings. The van der Waals surface area contributed by atoms with Gasteiger partial charge in [-0.05, 0) is 60.4 Å². The molecule has 1 amide bonds. The Balaban J connectivity index is 1.71. The summed E-state index contributed by atoms with van der Waals surface area (Å²) < 4.78 is 39.1. The summed E-state index contributed by atoms with van der Waals surface area (Å²) in [6, 6.07) is 20.9. The number of hydrogen-bond acceptors (Lipinski definition) is 5. The minimum atomic E-state index is -4.00. The van der Waals surface area contributed by atoms with Crippen LogP contribution in [0.25, 0.3) is 0 Å². The number of benzene rings is 3. The lowest BCUT2D eigenvalue weighted by molar-refractivity contribution is -0.119. The lowest BCUT2D eigenvalue weighted by Gasteiger charge is -2.24. The second-order valence-electron chi connectivity index (χ2n) is 9.47. The third kappa shape index (κ3) is 6.79. The average molecular weight is 511 g/mol. The van der Waals surface area contributed by atoms with Gasteiger partial charge in [0, 0.05) is 0 Å². The van der Waals surface area contributed by atoms with Crippen LogP contribution in [0.5, 0.6) is 11.5 Å². The van der Waals surface area contributed by atoms with Crippen LogP contribution in [-0.2, 0) is 20.2 Å². The molecule has 0 atom stereocenters. The van der Waals surface area contributed by atoms with Gasteiger partial charge in [-0.1, -0.05) is 56.7 Å². The number of amides is 1. The molecule has 0 aromatic heterocycles. The first-order chi connectivity index (χ1) is 17.0. The molecular weight excluding hydrogens is 476 g/mol. The smallest absolute Gasteiger partial charge is 0.264 e. The molecular formula is C28H34N2O5S. The van der Waals surface area contributed by atoms with Crippen LogP contribution in [0, 0.1) is 6.92 Å². The summed E-state index contributed by atoms with van der Waals surface area (Å²) in [7, 11) is -2.49. The molecule has 0 bridgehead atoms. The SMILES string of the molecule is COc1ccc(S(=O)(=O)N(CC(=O)NCCOc2ccccc2C(C)(C)C)c2ccc(C)cc2)cc1. The van der Waals surface area contributed by atoms with Gasteiger partial charge in [-0.25, -0.2) is 8.42 Å². The number of aryl methyl sites for hydroxylation is 1. The summed E-state index contributed by atoms with van der Waals surface area (Å²) in [5.41, 5.74) is 2.39. The maximum absolute atomic E-state index is 13.5. The molecule has 0 radical (unpaired) electrons. The van der Waals surface area contributed by atoms with Crippen molar-refractivity contribution < 1.29 is 22.7 Å². The molecule has 0 saturated carbocycles. The van der Waals surface area contributed by atoms with E-state index >= 15 is 0 Å². The molecule has 3 rings (SSSR count). The van der Waals surface area contributed by atoms with Crippen molar-refractivity contribution in [1.29, 1.82) is 0 Å².